The lowest BCUT2D eigenvalue weighted by molar-refractivity contribution is 0.159. The van der Waals surface area contributed by atoms with Gasteiger partial charge in [-0.3, -0.25) is 0 Å². The third kappa shape index (κ3) is 2.96. The van der Waals surface area contributed by atoms with E-state index in [0.29, 0.717) is 12.0 Å². The van der Waals surface area contributed by atoms with Crippen molar-refractivity contribution < 1.29 is 13.9 Å². The number of alkyl halides is 1. The SMILES string of the molecule is OC(CN[C@H]1c2ccccc2C[C@H]1F)c1cccc(F)c1. The van der Waals surface area contributed by atoms with Crippen LogP contribution in [-0.4, -0.2) is 17.8 Å². The molecule has 0 radical (unpaired) electrons. The smallest absolute Gasteiger partial charge is 0.124 e. The first-order chi connectivity index (χ1) is 10.1. The molecular weight excluding hydrogens is 272 g/mol. The zero-order chi connectivity index (χ0) is 14.8. The molecule has 110 valence electrons. The lowest BCUT2D eigenvalue weighted by atomic mass is 10.1. The zero-order valence-corrected chi connectivity index (χ0v) is 11.5. The summed E-state index contributed by atoms with van der Waals surface area (Å²) < 4.78 is 27.2. The largest absolute Gasteiger partial charge is 0.387 e. The standard InChI is InChI=1S/C17H17F2NO/c18-13-6-3-5-12(8-13)16(21)10-20-17-14-7-2-1-4-11(14)9-15(17)19/h1-8,15-17,20-21H,9-10H2/t15-,16?,17+/m1/s1. The van der Waals surface area contributed by atoms with Gasteiger partial charge in [-0.25, -0.2) is 8.78 Å². The van der Waals surface area contributed by atoms with Gasteiger partial charge in [0.1, 0.15) is 12.0 Å². The van der Waals surface area contributed by atoms with Crippen molar-refractivity contribution in [3.8, 4) is 0 Å². The van der Waals surface area contributed by atoms with E-state index in [2.05, 4.69) is 5.32 Å². The van der Waals surface area contributed by atoms with Crippen LogP contribution in [0.25, 0.3) is 0 Å². The van der Waals surface area contributed by atoms with Gasteiger partial charge in [-0.15, -0.1) is 0 Å². The Morgan fingerprint density at radius 1 is 1.19 bits per heavy atom. The number of rotatable bonds is 4. The number of fused-ring (bicyclic) bond motifs is 1. The Hall–Kier alpha value is -1.78. The summed E-state index contributed by atoms with van der Waals surface area (Å²) in [4.78, 5) is 0. The van der Waals surface area contributed by atoms with Crippen LogP contribution >= 0.6 is 0 Å². The summed E-state index contributed by atoms with van der Waals surface area (Å²) in [5.74, 6) is -0.388. The second-order valence-corrected chi connectivity index (χ2v) is 5.38. The molecule has 2 N–H and O–H groups in total. The molecule has 0 heterocycles. The van der Waals surface area contributed by atoms with Crippen molar-refractivity contribution in [3.05, 3.63) is 71.0 Å². The van der Waals surface area contributed by atoms with E-state index < -0.39 is 18.3 Å². The van der Waals surface area contributed by atoms with Gasteiger partial charge in [0.25, 0.3) is 0 Å². The van der Waals surface area contributed by atoms with E-state index in [1.165, 1.54) is 12.1 Å². The van der Waals surface area contributed by atoms with Crippen molar-refractivity contribution in [2.24, 2.45) is 0 Å². The molecule has 0 aromatic heterocycles. The first-order valence-electron chi connectivity index (χ1n) is 7.04. The van der Waals surface area contributed by atoms with Crippen molar-refractivity contribution in [1.29, 1.82) is 0 Å². The highest BCUT2D eigenvalue weighted by molar-refractivity contribution is 5.36. The summed E-state index contributed by atoms with van der Waals surface area (Å²) >= 11 is 0. The monoisotopic (exact) mass is 289 g/mol. The average Bonchev–Trinajstić information content (AvgIpc) is 2.80. The molecule has 0 spiro atoms. The molecule has 2 aromatic carbocycles. The van der Waals surface area contributed by atoms with Gasteiger partial charge < -0.3 is 10.4 Å². The summed E-state index contributed by atoms with van der Waals surface area (Å²) in [6.07, 6.45) is -1.47. The van der Waals surface area contributed by atoms with Gasteiger partial charge >= 0.3 is 0 Å². The maximum absolute atomic E-state index is 14.1. The van der Waals surface area contributed by atoms with Gasteiger partial charge in [0.2, 0.25) is 0 Å². The molecule has 0 amide bonds. The maximum atomic E-state index is 14.1. The highest BCUT2D eigenvalue weighted by atomic mass is 19.1. The Bertz CT molecular complexity index is 632. The minimum absolute atomic E-state index is 0.183. The van der Waals surface area contributed by atoms with Crippen molar-refractivity contribution >= 4 is 0 Å². The molecule has 0 bridgehead atoms. The molecular formula is C17H17F2NO. The minimum atomic E-state index is -0.998. The van der Waals surface area contributed by atoms with E-state index >= 15 is 0 Å². The first-order valence-corrected chi connectivity index (χ1v) is 7.04. The summed E-state index contributed by atoms with van der Waals surface area (Å²) in [5, 5.41) is 13.1. The van der Waals surface area contributed by atoms with Gasteiger partial charge in [0, 0.05) is 13.0 Å². The number of nitrogens with one attached hydrogen (secondary N) is 1. The third-order valence-corrected chi connectivity index (χ3v) is 3.93. The van der Waals surface area contributed by atoms with Crippen LogP contribution in [-0.2, 0) is 6.42 Å². The molecule has 0 saturated heterocycles. The minimum Gasteiger partial charge on any atom is -0.387 e. The lowest BCUT2D eigenvalue weighted by Crippen LogP contribution is -2.30. The normalized spacial score (nSPS) is 22.0. The lowest BCUT2D eigenvalue weighted by Gasteiger charge is -2.19. The van der Waals surface area contributed by atoms with E-state index in [1.807, 2.05) is 24.3 Å². The van der Waals surface area contributed by atoms with Crippen LogP contribution < -0.4 is 5.32 Å². The highest BCUT2D eigenvalue weighted by Crippen LogP contribution is 2.33. The fourth-order valence-corrected chi connectivity index (χ4v) is 2.85. The molecule has 4 heteroatoms. The second-order valence-electron chi connectivity index (χ2n) is 5.38. The van der Waals surface area contributed by atoms with E-state index in [4.69, 9.17) is 0 Å². The van der Waals surface area contributed by atoms with Crippen LogP contribution in [0.5, 0.6) is 0 Å². The zero-order valence-electron chi connectivity index (χ0n) is 11.5. The van der Waals surface area contributed by atoms with E-state index in [9.17, 15) is 13.9 Å². The predicted molar refractivity (Wildman–Crippen MR) is 77.1 cm³/mol. The van der Waals surface area contributed by atoms with Crippen molar-refractivity contribution in [2.45, 2.75) is 24.7 Å². The molecule has 1 aliphatic rings. The van der Waals surface area contributed by atoms with Crippen LogP contribution in [0.4, 0.5) is 8.78 Å². The molecule has 1 unspecified atom stereocenters. The summed E-state index contributed by atoms with van der Waals surface area (Å²) in [5.41, 5.74) is 2.43. The Labute approximate surface area is 122 Å². The third-order valence-electron chi connectivity index (χ3n) is 3.93. The predicted octanol–water partition coefficient (Wildman–Crippen LogP) is 3.08. The van der Waals surface area contributed by atoms with Crippen molar-refractivity contribution in [3.63, 3.8) is 0 Å². The Morgan fingerprint density at radius 2 is 2.00 bits per heavy atom. The molecule has 3 rings (SSSR count). The second kappa shape index (κ2) is 5.92. The van der Waals surface area contributed by atoms with Crippen LogP contribution in [0.15, 0.2) is 48.5 Å². The number of halogens is 2. The van der Waals surface area contributed by atoms with E-state index in [0.717, 1.165) is 11.1 Å². The molecule has 1 aliphatic carbocycles. The van der Waals surface area contributed by atoms with Crippen LogP contribution in [0.1, 0.15) is 28.8 Å². The quantitative estimate of drug-likeness (QED) is 0.906. The van der Waals surface area contributed by atoms with Crippen LogP contribution in [0.3, 0.4) is 0 Å². The number of aliphatic hydroxyl groups is 1. The topological polar surface area (TPSA) is 32.3 Å². The molecule has 2 nitrogen and oxygen atoms in total. The van der Waals surface area contributed by atoms with Gasteiger partial charge in [-0.2, -0.15) is 0 Å². The first kappa shape index (κ1) is 14.2. The number of benzene rings is 2. The fraction of sp³-hybridized carbons (Fsp3) is 0.294. The molecule has 0 aliphatic heterocycles. The molecule has 2 aromatic rings. The Morgan fingerprint density at radius 3 is 2.81 bits per heavy atom. The van der Waals surface area contributed by atoms with Gasteiger partial charge in [0.05, 0.1) is 12.1 Å². The number of hydrogen-bond donors (Lipinski definition) is 2. The van der Waals surface area contributed by atoms with Crippen molar-refractivity contribution in [1.82, 2.24) is 5.32 Å². The maximum Gasteiger partial charge on any atom is 0.124 e. The molecule has 0 fully saturated rings. The number of hydrogen-bond acceptors (Lipinski definition) is 2. The summed E-state index contributed by atoms with van der Waals surface area (Å²) in [6, 6.07) is 13.0. The van der Waals surface area contributed by atoms with Crippen molar-refractivity contribution in [2.75, 3.05) is 6.54 Å². The van der Waals surface area contributed by atoms with E-state index in [1.54, 1.807) is 12.1 Å². The van der Waals surface area contributed by atoms with Crippen LogP contribution in [0, 0.1) is 5.82 Å². The Kier molecular flexibility index (Phi) is 3.99. The summed E-state index contributed by atoms with van der Waals surface area (Å²) in [6.45, 7) is 0.183. The van der Waals surface area contributed by atoms with Gasteiger partial charge in [-0.1, -0.05) is 36.4 Å². The fourth-order valence-electron chi connectivity index (χ4n) is 2.85. The van der Waals surface area contributed by atoms with Gasteiger partial charge in [0.15, 0.2) is 0 Å². The van der Waals surface area contributed by atoms with Crippen LogP contribution in [0.2, 0.25) is 0 Å². The number of aliphatic hydroxyl groups excluding tert-OH is 1. The van der Waals surface area contributed by atoms with E-state index in [-0.39, 0.29) is 12.4 Å². The highest BCUT2D eigenvalue weighted by Gasteiger charge is 2.32. The molecule has 21 heavy (non-hydrogen) atoms. The summed E-state index contributed by atoms with van der Waals surface area (Å²) in [7, 11) is 0. The molecule has 0 saturated carbocycles. The van der Waals surface area contributed by atoms with Gasteiger partial charge in [-0.05, 0) is 28.8 Å². The molecule has 3 atom stereocenters. The average molecular weight is 289 g/mol. The Balaban J connectivity index is 1.68.